The van der Waals surface area contributed by atoms with E-state index in [0.29, 0.717) is 23.3 Å². The van der Waals surface area contributed by atoms with Crippen molar-refractivity contribution in [2.45, 2.75) is 32.7 Å². The number of nitrogens with zero attached hydrogens (tertiary/aromatic N) is 2. The summed E-state index contributed by atoms with van der Waals surface area (Å²) in [5.74, 6) is 0. The van der Waals surface area contributed by atoms with Crippen LogP contribution in [0, 0.1) is 10.1 Å². The van der Waals surface area contributed by atoms with E-state index < -0.39 is 4.92 Å². The Morgan fingerprint density at radius 1 is 1.29 bits per heavy atom. The third-order valence-electron chi connectivity index (χ3n) is 3.37. The quantitative estimate of drug-likeness (QED) is 0.434. The fourth-order valence-electron chi connectivity index (χ4n) is 1.80. The second kappa shape index (κ2) is 8.41. The molecule has 0 aliphatic carbocycles. The largest absolute Gasteiger partial charge is 0.379 e. The zero-order valence-corrected chi connectivity index (χ0v) is 14.0. The molecule has 21 heavy (non-hydrogen) atoms. The molecule has 0 heterocycles. The van der Waals surface area contributed by atoms with Gasteiger partial charge in [0.15, 0.2) is 0 Å². The summed E-state index contributed by atoms with van der Waals surface area (Å²) < 4.78 is 0. The topological polar surface area (TPSA) is 58.4 Å². The highest BCUT2D eigenvalue weighted by Gasteiger charge is 2.16. The minimum atomic E-state index is -0.461. The van der Waals surface area contributed by atoms with Crippen LogP contribution in [0.5, 0.6) is 0 Å². The van der Waals surface area contributed by atoms with E-state index in [9.17, 15) is 10.1 Å². The lowest BCUT2D eigenvalue weighted by atomic mass is 10.2. The van der Waals surface area contributed by atoms with Crippen LogP contribution < -0.4 is 5.32 Å². The normalized spacial score (nSPS) is 11.2. The van der Waals surface area contributed by atoms with E-state index in [4.69, 9.17) is 23.2 Å². The van der Waals surface area contributed by atoms with E-state index in [2.05, 4.69) is 31.1 Å². The highest BCUT2D eigenvalue weighted by Crippen LogP contribution is 2.33. The first kappa shape index (κ1) is 18.0. The average Bonchev–Trinajstić information content (AvgIpc) is 2.41. The maximum atomic E-state index is 11.0. The highest BCUT2D eigenvalue weighted by molar-refractivity contribution is 6.42. The lowest BCUT2D eigenvalue weighted by Gasteiger charge is -2.20. The molecule has 0 radical (unpaired) electrons. The van der Waals surface area contributed by atoms with Crippen LogP contribution in [0.25, 0.3) is 0 Å². The Morgan fingerprint density at radius 3 is 2.48 bits per heavy atom. The van der Waals surface area contributed by atoms with Crippen molar-refractivity contribution in [1.82, 2.24) is 4.90 Å². The van der Waals surface area contributed by atoms with E-state index in [-0.39, 0.29) is 10.7 Å². The molecule has 118 valence electrons. The number of hydrogen-bond donors (Lipinski definition) is 1. The molecular weight excluding hydrogens is 313 g/mol. The molecule has 1 aromatic rings. The van der Waals surface area contributed by atoms with Crippen LogP contribution in [-0.2, 0) is 0 Å². The average molecular weight is 334 g/mol. The molecule has 0 fully saturated rings. The van der Waals surface area contributed by atoms with E-state index in [1.54, 1.807) is 0 Å². The van der Waals surface area contributed by atoms with Gasteiger partial charge >= 0.3 is 0 Å². The van der Waals surface area contributed by atoms with Gasteiger partial charge in [-0.25, -0.2) is 0 Å². The Labute approximate surface area is 135 Å². The van der Waals surface area contributed by atoms with Crippen molar-refractivity contribution in [3.05, 3.63) is 32.3 Å². The molecule has 1 rings (SSSR count). The van der Waals surface area contributed by atoms with Crippen LogP contribution in [0.1, 0.15) is 26.7 Å². The van der Waals surface area contributed by atoms with Gasteiger partial charge in [0.05, 0.1) is 15.0 Å². The maximum absolute atomic E-state index is 11.0. The number of nitro benzene ring substituents is 1. The summed E-state index contributed by atoms with van der Waals surface area (Å²) in [5.41, 5.74) is 0.357. The van der Waals surface area contributed by atoms with E-state index in [1.165, 1.54) is 12.1 Å². The Balaban J connectivity index is 2.52. The van der Waals surface area contributed by atoms with Crippen LogP contribution in [0.3, 0.4) is 0 Å². The second-order valence-electron chi connectivity index (χ2n) is 5.25. The Hall–Kier alpha value is -1.04. The molecule has 0 aromatic heterocycles. The molecule has 0 saturated carbocycles. The van der Waals surface area contributed by atoms with Crippen molar-refractivity contribution in [3.8, 4) is 0 Å². The lowest BCUT2D eigenvalue weighted by molar-refractivity contribution is -0.383. The van der Waals surface area contributed by atoms with Crippen LogP contribution in [0.2, 0.25) is 10.0 Å². The van der Waals surface area contributed by atoms with Crippen molar-refractivity contribution in [2.75, 3.05) is 25.5 Å². The predicted octanol–water partition coefficient (Wildman–Crippen LogP) is 4.43. The minimum Gasteiger partial charge on any atom is -0.379 e. The Bertz CT molecular complexity index is 495. The molecule has 1 aromatic carbocycles. The summed E-state index contributed by atoms with van der Waals surface area (Å²) in [6.45, 7) is 5.96. The molecule has 0 saturated heterocycles. The third-order valence-corrected chi connectivity index (χ3v) is 4.09. The van der Waals surface area contributed by atoms with Gasteiger partial charge in [0.2, 0.25) is 0 Å². The van der Waals surface area contributed by atoms with E-state index in [1.807, 2.05) is 0 Å². The summed E-state index contributed by atoms with van der Waals surface area (Å²) in [5, 5.41) is 14.6. The fraction of sp³-hybridized carbons (Fsp3) is 0.571. The van der Waals surface area contributed by atoms with Crippen LogP contribution in [0.4, 0.5) is 11.4 Å². The van der Waals surface area contributed by atoms with Gasteiger partial charge in [-0.15, -0.1) is 0 Å². The summed E-state index contributed by atoms with van der Waals surface area (Å²) in [6, 6.07) is 3.30. The molecule has 0 spiro atoms. The number of nitro groups is 1. The standard InChI is InChI=1S/C14H21Cl2N3O2/c1-10(2)18(3)7-5-4-6-17-13-8-11(15)12(16)9-14(13)19(20)21/h8-10,17H,4-7H2,1-3H3. The van der Waals surface area contributed by atoms with Gasteiger partial charge < -0.3 is 10.2 Å². The number of anilines is 1. The zero-order chi connectivity index (χ0) is 16.0. The Morgan fingerprint density at radius 2 is 1.90 bits per heavy atom. The van der Waals surface area contributed by atoms with Gasteiger partial charge in [-0.05, 0) is 46.3 Å². The monoisotopic (exact) mass is 333 g/mol. The molecule has 1 N–H and O–H groups in total. The summed E-state index contributed by atoms with van der Waals surface area (Å²) in [6.07, 6.45) is 1.95. The summed E-state index contributed by atoms with van der Waals surface area (Å²) in [4.78, 5) is 12.8. The van der Waals surface area contributed by atoms with Crippen molar-refractivity contribution >= 4 is 34.6 Å². The first-order chi connectivity index (χ1) is 9.82. The second-order valence-corrected chi connectivity index (χ2v) is 6.06. The number of unbranched alkanes of at least 4 members (excludes halogenated alkanes) is 1. The Kier molecular flexibility index (Phi) is 7.22. The van der Waals surface area contributed by atoms with Gasteiger partial charge in [0, 0.05) is 18.7 Å². The molecule has 0 atom stereocenters. The van der Waals surface area contributed by atoms with Gasteiger partial charge in [-0.1, -0.05) is 23.2 Å². The number of benzene rings is 1. The van der Waals surface area contributed by atoms with E-state index >= 15 is 0 Å². The number of halogens is 2. The van der Waals surface area contributed by atoms with Crippen LogP contribution in [0.15, 0.2) is 12.1 Å². The van der Waals surface area contributed by atoms with Crippen molar-refractivity contribution in [2.24, 2.45) is 0 Å². The van der Waals surface area contributed by atoms with Crippen LogP contribution in [-0.4, -0.2) is 36.0 Å². The number of hydrogen-bond acceptors (Lipinski definition) is 4. The summed E-state index contributed by atoms with van der Waals surface area (Å²) in [7, 11) is 2.09. The SMILES string of the molecule is CC(C)N(C)CCCCNc1cc(Cl)c(Cl)cc1[N+](=O)[O-]. The summed E-state index contributed by atoms with van der Waals surface area (Å²) >= 11 is 11.7. The zero-order valence-electron chi connectivity index (χ0n) is 12.5. The first-order valence-electron chi connectivity index (χ1n) is 6.90. The van der Waals surface area contributed by atoms with Gasteiger partial charge in [0.25, 0.3) is 5.69 Å². The molecule has 0 aliphatic heterocycles. The third kappa shape index (κ3) is 5.69. The fourth-order valence-corrected chi connectivity index (χ4v) is 2.12. The minimum absolute atomic E-state index is 0.0521. The van der Waals surface area contributed by atoms with Crippen molar-refractivity contribution < 1.29 is 4.92 Å². The first-order valence-corrected chi connectivity index (χ1v) is 7.66. The number of nitrogens with one attached hydrogen (secondary N) is 1. The van der Waals surface area contributed by atoms with Gasteiger partial charge in [-0.3, -0.25) is 10.1 Å². The molecule has 5 nitrogen and oxygen atoms in total. The van der Waals surface area contributed by atoms with Crippen LogP contribution >= 0.6 is 23.2 Å². The molecule has 0 aliphatic rings. The number of rotatable bonds is 8. The molecular formula is C14H21Cl2N3O2. The smallest absolute Gasteiger partial charge is 0.293 e. The van der Waals surface area contributed by atoms with Gasteiger partial charge in [-0.2, -0.15) is 0 Å². The predicted molar refractivity (Wildman–Crippen MR) is 88.6 cm³/mol. The van der Waals surface area contributed by atoms with Gasteiger partial charge in [0.1, 0.15) is 5.69 Å². The highest BCUT2D eigenvalue weighted by atomic mass is 35.5. The van der Waals surface area contributed by atoms with E-state index in [0.717, 1.165) is 19.4 Å². The molecule has 0 amide bonds. The molecule has 7 heteroatoms. The van der Waals surface area contributed by atoms with Crippen molar-refractivity contribution in [1.29, 1.82) is 0 Å². The van der Waals surface area contributed by atoms with Crippen molar-refractivity contribution in [3.63, 3.8) is 0 Å². The molecule has 0 bridgehead atoms. The maximum Gasteiger partial charge on any atom is 0.293 e. The lowest BCUT2D eigenvalue weighted by Crippen LogP contribution is -2.27. The molecule has 0 unspecified atom stereocenters.